The summed E-state index contributed by atoms with van der Waals surface area (Å²) in [5.74, 6) is 0.757. The molecule has 0 radical (unpaired) electrons. The van der Waals surface area contributed by atoms with E-state index < -0.39 is 0 Å². The van der Waals surface area contributed by atoms with Crippen LogP contribution in [0.25, 0.3) is 0 Å². The monoisotopic (exact) mass is 238 g/mol. The van der Waals surface area contributed by atoms with E-state index in [-0.39, 0.29) is 0 Å². The Morgan fingerprint density at radius 3 is 2.53 bits per heavy atom. The van der Waals surface area contributed by atoms with Gasteiger partial charge in [0.25, 0.3) is 0 Å². The maximum Gasteiger partial charge on any atom is 0.225 e. The van der Waals surface area contributed by atoms with Crippen LogP contribution in [0.15, 0.2) is 12.4 Å². The molecule has 96 valence electrons. The van der Waals surface area contributed by atoms with E-state index in [2.05, 4.69) is 21.8 Å². The molecule has 0 aliphatic carbocycles. The molecule has 1 heterocycles. The van der Waals surface area contributed by atoms with E-state index in [1.807, 2.05) is 19.3 Å². The first kappa shape index (κ1) is 13.9. The van der Waals surface area contributed by atoms with Gasteiger partial charge < -0.3 is 15.4 Å². The van der Waals surface area contributed by atoms with Gasteiger partial charge in [-0.1, -0.05) is 0 Å². The summed E-state index contributed by atoms with van der Waals surface area (Å²) in [5, 5.41) is 0. The molecule has 1 aromatic heterocycles. The Morgan fingerprint density at radius 2 is 2.00 bits per heavy atom. The fourth-order valence-corrected chi connectivity index (χ4v) is 1.53. The number of likely N-dealkylation sites (N-methyl/N-ethyl adjacent to an activating group) is 1. The first-order valence-corrected chi connectivity index (χ1v) is 6.15. The van der Waals surface area contributed by atoms with Crippen LogP contribution in [0.5, 0.6) is 0 Å². The Bertz CT molecular complexity index is 302. The second-order valence-corrected chi connectivity index (χ2v) is 3.71. The molecule has 0 aliphatic rings. The quantitative estimate of drug-likeness (QED) is 0.680. The van der Waals surface area contributed by atoms with E-state index in [1.165, 1.54) is 0 Å². The SMILES string of the molecule is CCOCCN(CC)c1ncc(CCN)cn1. The zero-order chi connectivity index (χ0) is 12.5. The van der Waals surface area contributed by atoms with Crippen LogP contribution in [-0.4, -0.2) is 42.8 Å². The molecule has 2 N–H and O–H groups in total. The highest BCUT2D eigenvalue weighted by Gasteiger charge is 2.06. The number of anilines is 1. The van der Waals surface area contributed by atoms with Crippen LogP contribution in [0.4, 0.5) is 5.95 Å². The number of aromatic nitrogens is 2. The Labute approximate surface area is 103 Å². The number of rotatable bonds is 8. The molecule has 0 saturated heterocycles. The number of nitrogens with zero attached hydrogens (tertiary/aromatic N) is 3. The first-order chi connectivity index (χ1) is 8.31. The normalized spacial score (nSPS) is 10.5. The van der Waals surface area contributed by atoms with E-state index in [4.69, 9.17) is 10.5 Å². The van der Waals surface area contributed by atoms with Crippen molar-refractivity contribution in [1.29, 1.82) is 0 Å². The molecule has 17 heavy (non-hydrogen) atoms. The van der Waals surface area contributed by atoms with Gasteiger partial charge in [0.1, 0.15) is 0 Å². The molecule has 0 saturated carbocycles. The van der Waals surface area contributed by atoms with Crippen molar-refractivity contribution in [3.05, 3.63) is 18.0 Å². The Hall–Kier alpha value is -1.20. The van der Waals surface area contributed by atoms with Crippen molar-refractivity contribution in [3.63, 3.8) is 0 Å². The van der Waals surface area contributed by atoms with E-state index in [9.17, 15) is 0 Å². The van der Waals surface area contributed by atoms with Crippen molar-refractivity contribution in [2.24, 2.45) is 5.73 Å². The third kappa shape index (κ3) is 4.66. The van der Waals surface area contributed by atoms with Gasteiger partial charge in [-0.15, -0.1) is 0 Å². The number of nitrogens with two attached hydrogens (primary N) is 1. The second-order valence-electron chi connectivity index (χ2n) is 3.71. The third-order valence-corrected chi connectivity index (χ3v) is 2.50. The highest BCUT2D eigenvalue weighted by Crippen LogP contribution is 2.06. The summed E-state index contributed by atoms with van der Waals surface area (Å²) in [5.41, 5.74) is 6.56. The zero-order valence-corrected chi connectivity index (χ0v) is 10.7. The van der Waals surface area contributed by atoms with Crippen LogP contribution >= 0.6 is 0 Å². The van der Waals surface area contributed by atoms with Gasteiger partial charge in [-0.05, 0) is 32.4 Å². The minimum atomic E-state index is 0.630. The average molecular weight is 238 g/mol. The van der Waals surface area contributed by atoms with Crippen LogP contribution < -0.4 is 10.6 Å². The summed E-state index contributed by atoms with van der Waals surface area (Å²) in [6.45, 7) is 7.86. The predicted molar refractivity (Wildman–Crippen MR) is 69.2 cm³/mol. The van der Waals surface area contributed by atoms with Crippen LogP contribution in [0.3, 0.4) is 0 Å². The maximum atomic E-state index is 5.48. The van der Waals surface area contributed by atoms with Gasteiger partial charge in [-0.2, -0.15) is 0 Å². The average Bonchev–Trinajstić information content (AvgIpc) is 2.36. The highest BCUT2D eigenvalue weighted by molar-refractivity contribution is 5.29. The number of hydrogen-bond acceptors (Lipinski definition) is 5. The summed E-state index contributed by atoms with van der Waals surface area (Å²) in [6.07, 6.45) is 4.52. The smallest absolute Gasteiger partial charge is 0.225 e. The minimum Gasteiger partial charge on any atom is -0.380 e. The lowest BCUT2D eigenvalue weighted by atomic mass is 10.2. The standard InChI is InChI=1S/C12H22N4O/c1-3-16(7-8-17-4-2)12-14-9-11(5-6-13)10-15-12/h9-10H,3-8,13H2,1-2H3. The summed E-state index contributed by atoms with van der Waals surface area (Å²) in [4.78, 5) is 10.8. The summed E-state index contributed by atoms with van der Waals surface area (Å²) in [6, 6.07) is 0. The Kier molecular flexibility index (Phi) is 6.50. The molecule has 0 aromatic carbocycles. The molecule has 0 spiro atoms. The molecule has 0 amide bonds. The molecule has 0 unspecified atom stereocenters. The van der Waals surface area contributed by atoms with Crippen molar-refractivity contribution in [3.8, 4) is 0 Å². The van der Waals surface area contributed by atoms with Gasteiger partial charge in [0.05, 0.1) is 6.61 Å². The molecule has 0 atom stereocenters. The number of ether oxygens (including phenoxy) is 1. The van der Waals surface area contributed by atoms with Gasteiger partial charge in [0.2, 0.25) is 5.95 Å². The Morgan fingerprint density at radius 1 is 1.29 bits per heavy atom. The molecule has 0 bridgehead atoms. The summed E-state index contributed by atoms with van der Waals surface area (Å²) >= 11 is 0. The van der Waals surface area contributed by atoms with Crippen LogP contribution in [0.2, 0.25) is 0 Å². The van der Waals surface area contributed by atoms with Crippen molar-refractivity contribution in [1.82, 2.24) is 9.97 Å². The topological polar surface area (TPSA) is 64.3 Å². The van der Waals surface area contributed by atoms with Crippen LogP contribution in [-0.2, 0) is 11.2 Å². The number of hydrogen-bond donors (Lipinski definition) is 1. The summed E-state index contributed by atoms with van der Waals surface area (Å²) in [7, 11) is 0. The van der Waals surface area contributed by atoms with Crippen molar-refractivity contribution in [2.75, 3.05) is 37.7 Å². The second kappa shape index (κ2) is 7.97. The molecule has 1 aromatic rings. The lowest BCUT2D eigenvalue weighted by Crippen LogP contribution is -2.28. The Balaban J connectivity index is 2.55. The zero-order valence-electron chi connectivity index (χ0n) is 10.7. The van der Waals surface area contributed by atoms with Crippen molar-refractivity contribution in [2.45, 2.75) is 20.3 Å². The first-order valence-electron chi connectivity index (χ1n) is 6.15. The molecular weight excluding hydrogens is 216 g/mol. The lowest BCUT2D eigenvalue weighted by molar-refractivity contribution is 0.153. The van der Waals surface area contributed by atoms with E-state index in [0.717, 1.165) is 37.6 Å². The molecular formula is C12H22N4O. The van der Waals surface area contributed by atoms with E-state index >= 15 is 0 Å². The predicted octanol–water partition coefficient (Wildman–Crippen LogP) is 0.841. The minimum absolute atomic E-state index is 0.630. The fraction of sp³-hybridized carbons (Fsp3) is 0.667. The van der Waals surface area contributed by atoms with Crippen LogP contribution in [0, 0.1) is 0 Å². The van der Waals surface area contributed by atoms with Gasteiger partial charge in [-0.25, -0.2) is 9.97 Å². The lowest BCUT2D eigenvalue weighted by Gasteiger charge is -2.20. The van der Waals surface area contributed by atoms with E-state index in [1.54, 1.807) is 0 Å². The van der Waals surface area contributed by atoms with Gasteiger partial charge in [0, 0.05) is 32.1 Å². The van der Waals surface area contributed by atoms with Gasteiger partial charge >= 0.3 is 0 Å². The van der Waals surface area contributed by atoms with Gasteiger partial charge in [0.15, 0.2) is 0 Å². The summed E-state index contributed by atoms with van der Waals surface area (Å²) < 4.78 is 5.34. The van der Waals surface area contributed by atoms with Crippen molar-refractivity contribution < 1.29 is 4.74 Å². The van der Waals surface area contributed by atoms with Crippen LogP contribution in [0.1, 0.15) is 19.4 Å². The molecule has 0 fully saturated rings. The highest BCUT2D eigenvalue weighted by atomic mass is 16.5. The largest absolute Gasteiger partial charge is 0.380 e. The third-order valence-electron chi connectivity index (χ3n) is 2.50. The fourth-order valence-electron chi connectivity index (χ4n) is 1.53. The molecule has 5 nitrogen and oxygen atoms in total. The molecule has 0 aliphatic heterocycles. The molecule has 5 heteroatoms. The van der Waals surface area contributed by atoms with Gasteiger partial charge in [-0.3, -0.25) is 0 Å². The van der Waals surface area contributed by atoms with E-state index in [0.29, 0.717) is 13.2 Å². The van der Waals surface area contributed by atoms with Crippen molar-refractivity contribution >= 4 is 5.95 Å². The molecule has 1 rings (SSSR count). The maximum absolute atomic E-state index is 5.48.